The van der Waals surface area contributed by atoms with Gasteiger partial charge in [-0.3, -0.25) is 14.6 Å². The summed E-state index contributed by atoms with van der Waals surface area (Å²) in [5.41, 5.74) is 6.21. The quantitative estimate of drug-likeness (QED) is 0.600. The molecular formula is C14H16N6O2. The van der Waals surface area contributed by atoms with Crippen molar-refractivity contribution in [1.82, 2.24) is 9.97 Å². The summed E-state index contributed by atoms with van der Waals surface area (Å²) in [5.74, 6) is 0.340. The van der Waals surface area contributed by atoms with E-state index in [9.17, 15) is 9.59 Å². The van der Waals surface area contributed by atoms with E-state index in [1.54, 1.807) is 0 Å². The maximum atomic E-state index is 12.0. The van der Waals surface area contributed by atoms with E-state index in [1.807, 2.05) is 30.3 Å². The lowest BCUT2D eigenvalue weighted by molar-refractivity contribution is -0.107. The number of nitrogen functional groups attached to an aromatic ring is 1. The van der Waals surface area contributed by atoms with Gasteiger partial charge in [0.1, 0.15) is 0 Å². The molecule has 1 aliphatic rings. The zero-order valence-electron chi connectivity index (χ0n) is 11.7. The Labute approximate surface area is 126 Å². The predicted octanol–water partition coefficient (Wildman–Crippen LogP) is 0.221. The molecule has 1 amide bonds. The third kappa shape index (κ3) is 2.58. The second-order valence-corrected chi connectivity index (χ2v) is 4.94. The van der Waals surface area contributed by atoms with Gasteiger partial charge in [-0.05, 0) is 12.1 Å². The number of aromatic nitrogens is 2. The van der Waals surface area contributed by atoms with Crippen LogP contribution in [0.5, 0.6) is 0 Å². The van der Waals surface area contributed by atoms with Crippen LogP contribution in [0.2, 0.25) is 0 Å². The van der Waals surface area contributed by atoms with Crippen molar-refractivity contribution >= 4 is 29.6 Å². The molecule has 5 N–H and O–H groups in total. The highest BCUT2D eigenvalue weighted by molar-refractivity contribution is 5.84. The number of carbonyl (C=O) groups is 1. The molecule has 2 aromatic rings. The van der Waals surface area contributed by atoms with Crippen molar-refractivity contribution < 1.29 is 4.79 Å². The summed E-state index contributed by atoms with van der Waals surface area (Å²) in [6, 6.07) is 9.43. The Hall–Kier alpha value is -3.03. The number of hydrogen-bond acceptors (Lipinski definition) is 6. The lowest BCUT2D eigenvalue weighted by Crippen LogP contribution is -2.49. The van der Waals surface area contributed by atoms with Crippen LogP contribution in [0.4, 0.5) is 23.1 Å². The van der Waals surface area contributed by atoms with Gasteiger partial charge in [0.25, 0.3) is 5.56 Å². The topological polar surface area (TPSA) is 116 Å². The van der Waals surface area contributed by atoms with E-state index in [2.05, 4.69) is 20.6 Å². The number of nitrogens with two attached hydrogens (primary N) is 1. The molecule has 0 bridgehead atoms. The maximum Gasteiger partial charge on any atom is 0.278 e. The minimum atomic E-state index is -0.438. The Bertz CT molecular complexity index is 730. The van der Waals surface area contributed by atoms with Crippen LogP contribution in [0.15, 0.2) is 35.1 Å². The summed E-state index contributed by atoms with van der Waals surface area (Å²) in [6.45, 7) is 0.973. The summed E-state index contributed by atoms with van der Waals surface area (Å²) in [5, 5.41) is 6.29. The largest absolute Gasteiger partial charge is 0.383 e. The molecule has 2 heterocycles. The van der Waals surface area contributed by atoms with Crippen LogP contribution in [0.1, 0.15) is 0 Å². The Morgan fingerprint density at radius 1 is 1.41 bits per heavy atom. The van der Waals surface area contributed by atoms with Gasteiger partial charge in [0.15, 0.2) is 11.5 Å². The molecule has 0 spiro atoms. The van der Waals surface area contributed by atoms with Gasteiger partial charge in [0.2, 0.25) is 12.4 Å². The van der Waals surface area contributed by atoms with Crippen LogP contribution < -0.4 is 26.8 Å². The molecule has 3 rings (SSSR count). The van der Waals surface area contributed by atoms with Crippen LogP contribution in [0.25, 0.3) is 0 Å². The molecule has 0 fully saturated rings. The third-order valence-corrected chi connectivity index (χ3v) is 3.50. The lowest BCUT2D eigenvalue weighted by Gasteiger charge is -2.34. The highest BCUT2D eigenvalue weighted by Crippen LogP contribution is 2.25. The number of rotatable bonds is 4. The van der Waals surface area contributed by atoms with Gasteiger partial charge in [-0.1, -0.05) is 18.2 Å². The monoisotopic (exact) mass is 300 g/mol. The minimum Gasteiger partial charge on any atom is -0.383 e. The normalized spacial score (nSPS) is 16.5. The van der Waals surface area contributed by atoms with E-state index in [0.29, 0.717) is 25.3 Å². The van der Waals surface area contributed by atoms with E-state index in [1.165, 1.54) is 4.90 Å². The molecule has 1 atom stereocenters. The molecule has 1 aliphatic heterocycles. The number of amides is 1. The predicted molar refractivity (Wildman–Crippen MR) is 85.0 cm³/mol. The smallest absolute Gasteiger partial charge is 0.278 e. The van der Waals surface area contributed by atoms with Crippen LogP contribution in [0.3, 0.4) is 0 Å². The Morgan fingerprint density at radius 3 is 2.91 bits per heavy atom. The molecule has 1 unspecified atom stereocenters. The zero-order valence-corrected chi connectivity index (χ0v) is 11.7. The molecule has 0 saturated carbocycles. The second-order valence-electron chi connectivity index (χ2n) is 4.94. The number of fused-ring (bicyclic) bond motifs is 1. The number of H-pyrrole nitrogens is 1. The Kier molecular flexibility index (Phi) is 3.65. The maximum absolute atomic E-state index is 12.0. The van der Waals surface area contributed by atoms with Gasteiger partial charge in [-0.2, -0.15) is 4.98 Å². The molecule has 0 aliphatic carbocycles. The summed E-state index contributed by atoms with van der Waals surface area (Å²) < 4.78 is 0. The highest BCUT2D eigenvalue weighted by Gasteiger charge is 2.29. The summed E-state index contributed by atoms with van der Waals surface area (Å²) in [6.07, 6.45) is 0.643. The molecule has 8 nitrogen and oxygen atoms in total. The minimum absolute atomic E-state index is 0.0166. The second kappa shape index (κ2) is 5.76. The average molecular weight is 300 g/mol. The summed E-state index contributed by atoms with van der Waals surface area (Å²) >= 11 is 0. The number of carbonyl (C=O) groups excluding carboxylic acids is 1. The molecule has 0 radical (unpaired) electrons. The third-order valence-electron chi connectivity index (χ3n) is 3.50. The van der Waals surface area contributed by atoms with Gasteiger partial charge < -0.3 is 21.3 Å². The molecule has 1 aromatic heterocycles. The van der Waals surface area contributed by atoms with Gasteiger partial charge in [-0.15, -0.1) is 0 Å². The van der Waals surface area contributed by atoms with Crippen LogP contribution in [0, 0.1) is 0 Å². The fourth-order valence-electron chi connectivity index (χ4n) is 2.44. The van der Waals surface area contributed by atoms with Crippen molar-refractivity contribution in [3.63, 3.8) is 0 Å². The number of nitrogens with one attached hydrogen (secondary N) is 3. The van der Waals surface area contributed by atoms with Crippen LogP contribution in [-0.4, -0.2) is 35.5 Å². The van der Waals surface area contributed by atoms with Crippen molar-refractivity contribution in [2.24, 2.45) is 0 Å². The number of benzene rings is 1. The van der Waals surface area contributed by atoms with Crippen LogP contribution in [-0.2, 0) is 4.79 Å². The molecule has 114 valence electrons. The summed E-state index contributed by atoms with van der Waals surface area (Å²) in [4.78, 5) is 31.3. The number of hydrogen-bond donors (Lipinski definition) is 4. The van der Waals surface area contributed by atoms with Gasteiger partial charge >= 0.3 is 0 Å². The molecule has 8 heteroatoms. The first-order valence-corrected chi connectivity index (χ1v) is 6.85. The van der Waals surface area contributed by atoms with Gasteiger partial charge in [0.05, 0.1) is 6.04 Å². The first kappa shape index (κ1) is 13.9. The standard InChI is InChI=1S/C14H16N6O2/c15-14-18-12-11(13(22)19-14)20(8-21)10(7-17-12)6-16-9-4-2-1-3-5-9/h1-5,8,10,16H,6-7H2,(H4,15,17,18,19,22). The van der Waals surface area contributed by atoms with E-state index < -0.39 is 5.56 Å². The van der Waals surface area contributed by atoms with Crippen molar-refractivity contribution in [2.75, 3.05) is 34.4 Å². The Morgan fingerprint density at radius 2 is 2.18 bits per heavy atom. The van der Waals surface area contributed by atoms with E-state index in [4.69, 9.17) is 5.73 Å². The number of nitrogens with zero attached hydrogens (tertiary/aromatic N) is 2. The van der Waals surface area contributed by atoms with Gasteiger partial charge in [0, 0.05) is 18.8 Å². The highest BCUT2D eigenvalue weighted by atomic mass is 16.1. The lowest BCUT2D eigenvalue weighted by atomic mass is 10.1. The number of anilines is 4. The molecule has 1 aromatic carbocycles. The molecular weight excluding hydrogens is 284 g/mol. The first-order valence-electron chi connectivity index (χ1n) is 6.85. The first-order chi connectivity index (χ1) is 10.7. The van der Waals surface area contributed by atoms with Crippen molar-refractivity contribution in [3.8, 4) is 0 Å². The SMILES string of the molecule is Nc1nc2c(c(=O)[nH]1)N(C=O)C(CNc1ccccc1)CN2. The molecule has 0 saturated heterocycles. The average Bonchev–Trinajstić information content (AvgIpc) is 2.53. The van der Waals surface area contributed by atoms with Crippen molar-refractivity contribution in [3.05, 3.63) is 40.7 Å². The van der Waals surface area contributed by atoms with E-state index in [0.717, 1.165) is 5.69 Å². The van der Waals surface area contributed by atoms with E-state index in [-0.39, 0.29) is 17.7 Å². The fraction of sp³-hybridized carbons (Fsp3) is 0.214. The Balaban J connectivity index is 1.82. The van der Waals surface area contributed by atoms with Gasteiger partial charge in [-0.25, -0.2) is 0 Å². The number of aromatic amines is 1. The van der Waals surface area contributed by atoms with E-state index >= 15 is 0 Å². The van der Waals surface area contributed by atoms with Crippen LogP contribution >= 0.6 is 0 Å². The van der Waals surface area contributed by atoms with Crippen molar-refractivity contribution in [1.29, 1.82) is 0 Å². The zero-order chi connectivity index (χ0) is 15.5. The summed E-state index contributed by atoms with van der Waals surface area (Å²) in [7, 11) is 0. The molecule has 22 heavy (non-hydrogen) atoms. The number of para-hydroxylation sites is 1. The fourth-order valence-corrected chi connectivity index (χ4v) is 2.44. The van der Waals surface area contributed by atoms with Crippen molar-refractivity contribution in [2.45, 2.75) is 6.04 Å².